The predicted octanol–water partition coefficient (Wildman–Crippen LogP) is -2.99. The van der Waals surface area contributed by atoms with Crippen LogP contribution in [0.5, 0.6) is 0 Å². The third-order valence-corrected chi connectivity index (χ3v) is 0.368. The Bertz CT molecular complexity index is 166. The molecule has 13 heavy (non-hydrogen) atoms. The van der Waals surface area contributed by atoms with Gasteiger partial charge in [0, 0.05) is 12.2 Å². The maximum Gasteiger partial charge on any atom is 1.00 e. The molecule has 0 aliphatic rings. The minimum Gasteiger partial charge on any atom is -1.00 e. The summed E-state index contributed by atoms with van der Waals surface area (Å²) in [6.07, 6.45) is 1.12. The summed E-state index contributed by atoms with van der Waals surface area (Å²) >= 11 is 0. The Kier molecular flexibility index (Phi) is 17.9. The Labute approximate surface area is 121 Å². The minimum atomic E-state index is -1.26. The van der Waals surface area contributed by atoms with Crippen molar-refractivity contribution < 1.29 is 72.6 Å². The average molecular weight is 215 g/mol. The van der Waals surface area contributed by atoms with E-state index in [-0.39, 0.29) is 52.8 Å². The third kappa shape index (κ3) is 46.6. The van der Waals surface area contributed by atoms with Gasteiger partial charge >= 0.3 is 63.3 Å². The Hall–Kier alpha value is 0.276. The normalized spacial score (nSPS) is 8.62. The first-order chi connectivity index (χ1) is 5.36. The summed E-state index contributed by atoms with van der Waals surface area (Å²) < 4.78 is 0. The van der Waals surface area contributed by atoms with Crippen molar-refractivity contribution in [2.24, 2.45) is 0 Å². The molecule has 72 valence electrons. The first kappa shape index (κ1) is 18.9. The van der Waals surface area contributed by atoms with E-state index in [1.165, 1.54) is 0 Å². The van der Waals surface area contributed by atoms with Crippen LogP contribution in [-0.2, 0) is 9.59 Å². The number of carboxylic acid groups (broad SMARTS) is 2. The number of carbonyl (C=O) groups is 2. The van der Waals surface area contributed by atoms with Crippen LogP contribution in [0.15, 0.2) is 12.2 Å². The predicted molar refractivity (Wildman–Crippen MR) is 45.1 cm³/mol. The molecule has 0 aliphatic carbocycles. The summed E-state index contributed by atoms with van der Waals surface area (Å²) in [4.78, 5) is 21.1. The topological polar surface area (TPSA) is 77.8 Å². The van der Waals surface area contributed by atoms with Crippen molar-refractivity contribution in [2.45, 2.75) is 0 Å². The van der Waals surface area contributed by atoms with Gasteiger partial charge < -0.3 is 16.5 Å². The SMILES string of the molecule is CN(C)C.O=C(O)/C=C\C(=O)O.[H-].[K+]. The van der Waals surface area contributed by atoms with Crippen LogP contribution < -0.4 is 51.4 Å². The molecule has 0 saturated carbocycles. The molecule has 0 atom stereocenters. The summed E-state index contributed by atoms with van der Waals surface area (Å²) in [5.74, 6) is -2.51. The summed E-state index contributed by atoms with van der Waals surface area (Å²) in [6, 6.07) is 0. The van der Waals surface area contributed by atoms with Gasteiger partial charge in [-0.1, -0.05) is 0 Å². The average Bonchev–Trinajstić information content (AvgIpc) is 1.82. The van der Waals surface area contributed by atoms with Crippen LogP contribution in [-0.4, -0.2) is 48.2 Å². The molecule has 0 aromatic rings. The Morgan fingerprint density at radius 3 is 1.31 bits per heavy atom. The second kappa shape index (κ2) is 12.3. The van der Waals surface area contributed by atoms with Gasteiger partial charge in [-0.3, -0.25) is 0 Å². The van der Waals surface area contributed by atoms with Crippen LogP contribution >= 0.6 is 0 Å². The molecule has 0 saturated heterocycles. The van der Waals surface area contributed by atoms with Crippen LogP contribution in [0.3, 0.4) is 0 Å². The zero-order chi connectivity index (χ0) is 10.1. The molecular weight excluding hydrogens is 201 g/mol. The minimum absolute atomic E-state index is 0. The van der Waals surface area contributed by atoms with Gasteiger partial charge in [-0.2, -0.15) is 0 Å². The largest absolute Gasteiger partial charge is 1.00 e. The molecule has 0 fully saturated rings. The van der Waals surface area contributed by atoms with E-state index < -0.39 is 11.9 Å². The number of carboxylic acids is 2. The Morgan fingerprint density at radius 2 is 1.23 bits per heavy atom. The summed E-state index contributed by atoms with van der Waals surface area (Å²) in [5, 5.41) is 15.6. The summed E-state index contributed by atoms with van der Waals surface area (Å²) in [7, 11) is 6.00. The van der Waals surface area contributed by atoms with Crippen LogP contribution in [0.25, 0.3) is 0 Å². The fourth-order valence-electron chi connectivity index (χ4n) is 0.143. The molecule has 0 unspecified atom stereocenters. The Balaban J connectivity index is -0.0000000733. The zero-order valence-electron chi connectivity index (χ0n) is 9.31. The quantitative estimate of drug-likeness (QED) is 0.379. The number of aliphatic carboxylic acids is 2. The smallest absolute Gasteiger partial charge is 1.00 e. The van der Waals surface area contributed by atoms with Crippen molar-refractivity contribution in [1.82, 2.24) is 4.90 Å². The fourth-order valence-corrected chi connectivity index (χ4v) is 0.143. The van der Waals surface area contributed by atoms with Gasteiger partial charge in [-0.25, -0.2) is 9.59 Å². The van der Waals surface area contributed by atoms with Crippen LogP contribution in [0.2, 0.25) is 0 Å². The van der Waals surface area contributed by atoms with Crippen molar-refractivity contribution in [3.05, 3.63) is 12.2 Å². The Morgan fingerprint density at radius 1 is 1.08 bits per heavy atom. The molecule has 0 aliphatic heterocycles. The van der Waals surface area contributed by atoms with Crippen molar-refractivity contribution in [1.29, 1.82) is 0 Å². The second-order valence-electron chi connectivity index (χ2n) is 2.35. The van der Waals surface area contributed by atoms with E-state index in [1.54, 1.807) is 0 Å². The van der Waals surface area contributed by atoms with Gasteiger partial charge in [0.25, 0.3) is 0 Å². The molecular formula is C7H14KNO4. The maximum atomic E-state index is 9.55. The van der Waals surface area contributed by atoms with E-state index >= 15 is 0 Å². The van der Waals surface area contributed by atoms with E-state index in [4.69, 9.17) is 10.2 Å². The standard InChI is InChI=1S/C4H4O4.C3H9N.K.H/c5-3(6)1-2-4(7)8;1-4(2)3;;/h1-2H,(H,5,6)(H,7,8);1-3H3;;/q;;+1;-1/b2-1-;;;. The van der Waals surface area contributed by atoms with E-state index in [2.05, 4.69) is 0 Å². The molecule has 2 N–H and O–H groups in total. The van der Waals surface area contributed by atoms with Crippen molar-refractivity contribution in [2.75, 3.05) is 21.1 Å². The van der Waals surface area contributed by atoms with E-state index in [0.29, 0.717) is 12.2 Å². The third-order valence-electron chi connectivity index (χ3n) is 0.368. The molecule has 0 rings (SSSR count). The maximum absolute atomic E-state index is 9.55. The van der Waals surface area contributed by atoms with Gasteiger partial charge in [0.1, 0.15) is 0 Å². The summed E-state index contributed by atoms with van der Waals surface area (Å²) in [5.41, 5.74) is 0. The zero-order valence-corrected chi connectivity index (χ0v) is 11.4. The molecule has 0 amide bonds. The summed E-state index contributed by atoms with van der Waals surface area (Å²) in [6.45, 7) is 0. The van der Waals surface area contributed by atoms with Gasteiger partial charge in [0.15, 0.2) is 0 Å². The van der Waals surface area contributed by atoms with Gasteiger partial charge in [-0.05, 0) is 21.1 Å². The molecule has 0 spiro atoms. The number of rotatable bonds is 2. The number of hydrogen-bond donors (Lipinski definition) is 2. The van der Waals surface area contributed by atoms with E-state index in [9.17, 15) is 9.59 Å². The van der Waals surface area contributed by atoms with Gasteiger partial charge in [0.2, 0.25) is 0 Å². The molecule has 0 heterocycles. The first-order valence-electron chi connectivity index (χ1n) is 3.11. The molecule has 0 aromatic heterocycles. The molecule has 0 aromatic carbocycles. The molecule has 0 radical (unpaired) electrons. The van der Waals surface area contributed by atoms with Crippen LogP contribution in [0, 0.1) is 0 Å². The van der Waals surface area contributed by atoms with E-state index in [1.807, 2.05) is 26.0 Å². The van der Waals surface area contributed by atoms with Gasteiger partial charge in [-0.15, -0.1) is 0 Å². The molecule has 6 heteroatoms. The first-order valence-corrected chi connectivity index (χ1v) is 3.11. The van der Waals surface area contributed by atoms with Crippen LogP contribution in [0.4, 0.5) is 0 Å². The monoisotopic (exact) mass is 215 g/mol. The van der Waals surface area contributed by atoms with Crippen molar-refractivity contribution >= 4 is 11.9 Å². The molecule has 5 nitrogen and oxygen atoms in total. The van der Waals surface area contributed by atoms with E-state index in [0.717, 1.165) is 0 Å². The molecule has 0 bridgehead atoms. The number of hydrogen-bond acceptors (Lipinski definition) is 3. The van der Waals surface area contributed by atoms with Crippen molar-refractivity contribution in [3.63, 3.8) is 0 Å². The van der Waals surface area contributed by atoms with Crippen LogP contribution in [0.1, 0.15) is 1.43 Å². The fraction of sp³-hybridized carbons (Fsp3) is 0.429. The second-order valence-corrected chi connectivity index (χ2v) is 2.35. The van der Waals surface area contributed by atoms with Gasteiger partial charge in [0.05, 0.1) is 0 Å². The number of nitrogens with zero attached hydrogens (tertiary/aromatic N) is 1. The van der Waals surface area contributed by atoms with Crippen molar-refractivity contribution in [3.8, 4) is 0 Å².